The highest BCUT2D eigenvalue weighted by Gasteiger charge is 2.18. The van der Waals surface area contributed by atoms with E-state index < -0.39 is 0 Å². The summed E-state index contributed by atoms with van der Waals surface area (Å²) in [4.78, 5) is 2.28. The van der Waals surface area contributed by atoms with Crippen LogP contribution in [0.15, 0.2) is 18.2 Å². The van der Waals surface area contributed by atoms with Gasteiger partial charge in [0, 0.05) is 25.1 Å². The van der Waals surface area contributed by atoms with E-state index in [-0.39, 0.29) is 19.0 Å². The van der Waals surface area contributed by atoms with Crippen LogP contribution in [-0.4, -0.2) is 41.4 Å². The summed E-state index contributed by atoms with van der Waals surface area (Å²) in [5.74, 6) is 5.83. The summed E-state index contributed by atoms with van der Waals surface area (Å²) >= 11 is 0. The van der Waals surface area contributed by atoms with Gasteiger partial charge in [-0.05, 0) is 55.6 Å². The molecule has 3 nitrogen and oxygen atoms in total. The molecule has 0 unspecified atom stereocenters. The zero-order chi connectivity index (χ0) is 15.1. The van der Waals surface area contributed by atoms with Gasteiger partial charge in [-0.2, -0.15) is 0 Å². The second kappa shape index (κ2) is 8.14. The number of rotatable bonds is 4. The molecule has 0 amide bonds. The Labute approximate surface area is 125 Å². The van der Waals surface area contributed by atoms with Crippen molar-refractivity contribution < 1.29 is 14.6 Å². The molecule has 1 aliphatic rings. The summed E-state index contributed by atoms with van der Waals surface area (Å²) < 4.78 is 13.6. The molecule has 1 saturated heterocycles. The minimum absolute atomic E-state index is 0.0228. The molecule has 2 rings (SSSR count). The second-order valence-corrected chi connectivity index (χ2v) is 5.53. The smallest absolute Gasteiger partial charge is 0.124 e. The maximum absolute atomic E-state index is 13.6. The Kier molecular flexibility index (Phi) is 6.19. The van der Waals surface area contributed by atoms with Crippen molar-refractivity contribution in [2.45, 2.75) is 25.8 Å². The van der Waals surface area contributed by atoms with E-state index in [2.05, 4.69) is 16.7 Å². The third-order valence-electron chi connectivity index (χ3n) is 3.80. The number of aliphatic hydroxyl groups is 2. The van der Waals surface area contributed by atoms with Crippen molar-refractivity contribution in [2.75, 3.05) is 26.3 Å². The van der Waals surface area contributed by atoms with Gasteiger partial charge in [0.15, 0.2) is 0 Å². The molecule has 1 fully saturated rings. The number of likely N-dealkylation sites (tertiary alicyclic amines) is 1. The van der Waals surface area contributed by atoms with Gasteiger partial charge < -0.3 is 10.2 Å². The number of nitrogens with zero attached hydrogens (tertiary/aromatic N) is 1. The lowest BCUT2D eigenvalue weighted by Crippen LogP contribution is -2.34. The average Bonchev–Trinajstić information content (AvgIpc) is 2.48. The summed E-state index contributed by atoms with van der Waals surface area (Å²) in [7, 11) is 0. The molecule has 2 N–H and O–H groups in total. The first-order valence-corrected chi connectivity index (χ1v) is 7.43. The Bertz CT molecular complexity index is 513. The molecule has 4 heteroatoms. The van der Waals surface area contributed by atoms with Crippen molar-refractivity contribution in [1.82, 2.24) is 4.90 Å². The van der Waals surface area contributed by atoms with E-state index in [1.54, 1.807) is 6.07 Å². The van der Waals surface area contributed by atoms with Crippen LogP contribution in [0.2, 0.25) is 0 Å². The van der Waals surface area contributed by atoms with Gasteiger partial charge in [0.25, 0.3) is 0 Å². The van der Waals surface area contributed by atoms with Gasteiger partial charge in [-0.25, -0.2) is 4.39 Å². The Morgan fingerprint density at radius 2 is 1.95 bits per heavy atom. The Hall–Kier alpha value is -1.41. The van der Waals surface area contributed by atoms with Gasteiger partial charge >= 0.3 is 0 Å². The predicted molar refractivity (Wildman–Crippen MR) is 80.1 cm³/mol. The average molecular weight is 291 g/mol. The lowest BCUT2D eigenvalue weighted by atomic mass is 9.97. The van der Waals surface area contributed by atoms with E-state index in [4.69, 9.17) is 10.2 Å². The summed E-state index contributed by atoms with van der Waals surface area (Å²) in [6.07, 6.45) is 2.39. The third-order valence-corrected chi connectivity index (χ3v) is 3.80. The molecule has 1 heterocycles. The third kappa shape index (κ3) is 5.13. The molecule has 1 aromatic rings. The molecule has 0 aliphatic carbocycles. The van der Waals surface area contributed by atoms with Crippen molar-refractivity contribution >= 4 is 0 Å². The zero-order valence-electron chi connectivity index (χ0n) is 12.2. The molecule has 1 aromatic carbocycles. The maximum atomic E-state index is 13.6. The van der Waals surface area contributed by atoms with Crippen LogP contribution in [0.3, 0.4) is 0 Å². The summed E-state index contributed by atoms with van der Waals surface area (Å²) in [5.41, 5.74) is 1.58. The Balaban J connectivity index is 1.99. The minimum Gasteiger partial charge on any atom is -0.396 e. The van der Waals surface area contributed by atoms with Crippen LogP contribution in [0.5, 0.6) is 0 Å². The molecule has 0 radical (unpaired) electrons. The number of piperidine rings is 1. The van der Waals surface area contributed by atoms with E-state index in [1.165, 1.54) is 6.07 Å². The predicted octanol–water partition coefficient (Wildman–Crippen LogP) is 1.76. The lowest BCUT2D eigenvalue weighted by molar-refractivity contribution is 0.127. The number of aliphatic hydroxyl groups excluding tert-OH is 2. The molecular weight excluding hydrogens is 269 g/mol. The van der Waals surface area contributed by atoms with Crippen LogP contribution in [0, 0.1) is 23.6 Å². The monoisotopic (exact) mass is 291 g/mol. The molecular formula is C17H22FNO2. The molecule has 0 bridgehead atoms. The first kappa shape index (κ1) is 16.0. The fraction of sp³-hybridized carbons (Fsp3) is 0.529. The largest absolute Gasteiger partial charge is 0.396 e. The summed E-state index contributed by atoms with van der Waals surface area (Å²) in [6.45, 7) is 2.87. The second-order valence-electron chi connectivity index (χ2n) is 5.53. The summed E-state index contributed by atoms with van der Waals surface area (Å²) in [5, 5.41) is 17.9. The number of hydrogen-bond donors (Lipinski definition) is 2. The summed E-state index contributed by atoms with van der Waals surface area (Å²) in [6, 6.07) is 4.88. The standard InChI is InChI=1S/C17H22FNO2/c18-17-10-15(3-1-2-8-20)9-16(11-17)12-19-6-4-14(13-21)5-7-19/h9-11,14,20-21H,2,4-8,12-13H2. The number of hydrogen-bond acceptors (Lipinski definition) is 3. The number of benzene rings is 1. The van der Waals surface area contributed by atoms with Crippen LogP contribution in [0.25, 0.3) is 0 Å². The van der Waals surface area contributed by atoms with Crippen LogP contribution in [-0.2, 0) is 6.54 Å². The first-order chi connectivity index (χ1) is 10.2. The van der Waals surface area contributed by atoms with Crippen molar-refractivity contribution in [3.05, 3.63) is 35.1 Å². The van der Waals surface area contributed by atoms with Crippen LogP contribution in [0.4, 0.5) is 4.39 Å². The molecule has 0 spiro atoms. The van der Waals surface area contributed by atoms with Crippen molar-refractivity contribution in [3.63, 3.8) is 0 Å². The normalized spacial score (nSPS) is 16.5. The Morgan fingerprint density at radius 3 is 2.62 bits per heavy atom. The van der Waals surface area contributed by atoms with Gasteiger partial charge in [0.05, 0.1) is 6.61 Å². The first-order valence-electron chi connectivity index (χ1n) is 7.43. The fourth-order valence-electron chi connectivity index (χ4n) is 2.62. The highest BCUT2D eigenvalue weighted by Crippen LogP contribution is 2.19. The molecule has 0 aromatic heterocycles. The highest BCUT2D eigenvalue weighted by atomic mass is 19.1. The molecule has 21 heavy (non-hydrogen) atoms. The van der Waals surface area contributed by atoms with E-state index in [1.807, 2.05) is 6.07 Å². The van der Waals surface area contributed by atoms with Crippen molar-refractivity contribution in [2.24, 2.45) is 5.92 Å². The molecule has 0 atom stereocenters. The van der Waals surface area contributed by atoms with Crippen molar-refractivity contribution in [3.8, 4) is 11.8 Å². The SMILES string of the molecule is OCCC#Cc1cc(F)cc(CN2CCC(CO)CC2)c1. The van der Waals surface area contributed by atoms with Gasteiger partial charge in [0.2, 0.25) is 0 Å². The van der Waals surface area contributed by atoms with Gasteiger partial charge in [-0.1, -0.05) is 11.8 Å². The fourth-order valence-corrected chi connectivity index (χ4v) is 2.62. The van der Waals surface area contributed by atoms with Crippen molar-refractivity contribution in [1.29, 1.82) is 0 Å². The topological polar surface area (TPSA) is 43.7 Å². The highest BCUT2D eigenvalue weighted by molar-refractivity contribution is 5.37. The maximum Gasteiger partial charge on any atom is 0.124 e. The molecule has 1 aliphatic heterocycles. The Morgan fingerprint density at radius 1 is 1.19 bits per heavy atom. The zero-order valence-corrected chi connectivity index (χ0v) is 12.2. The quantitative estimate of drug-likeness (QED) is 0.831. The lowest BCUT2D eigenvalue weighted by Gasteiger charge is -2.31. The van der Waals surface area contributed by atoms with Gasteiger partial charge in [-0.15, -0.1) is 0 Å². The van der Waals surface area contributed by atoms with Crippen LogP contribution in [0.1, 0.15) is 30.4 Å². The van der Waals surface area contributed by atoms with E-state index in [9.17, 15) is 4.39 Å². The van der Waals surface area contributed by atoms with E-state index in [0.29, 0.717) is 24.4 Å². The van der Waals surface area contributed by atoms with E-state index in [0.717, 1.165) is 31.5 Å². The molecule has 0 saturated carbocycles. The minimum atomic E-state index is -0.272. The van der Waals surface area contributed by atoms with Crippen LogP contribution >= 0.6 is 0 Å². The van der Waals surface area contributed by atoms with E-state index >= 15 is 0 Å². The van der Waals surface area contributed by atoms with Gasteiger partial charge in [0.1, 0.15) is 5.82 Å². The number of halogens is 1. The van der Waals surface area contributed by atoms with Gasteiger partial charge in [-0.3, -0.25) is 4.90 Å². The molecule has 114 valence electrons. The van der Waals surface area contributed by atoms with Crippen LogP contribution < -0.4 is 0 Å².